The van der Waals surface area contributed by atoms with Gasteiger partial charge in [0, 0.05) is 19.6 Å². The van der Waals surface area contributed by atoms with Gasteiger partial charge in [0.25, 0.3) is 0 Å². The summed E-state index contributed by atoms with van der Waals surface area (Å²) >= 11 is 0. The Morgan fingerprint density at radius 1 is 1.09 bits per heavy atom. The van der Waals surface area contributed by atoms with Gasteiger partial charge in [-0.15, -0.1) is 0 Å². The van der Waals surface area contributed by atoms with Crippen molar-refractivity contribution in [3.8, 4) is 0 Å². The SMILES string of the molecule is CC1CN(CC2=Cc3ccc(C(C)(C)C)cc3CC2)CC(C)O1. The zero-order chi connectivity index (χ0) is 16.6. The molecule has 2 aliphatic rings. The quantitative estimate of drug-likeness (QED) is 0.801. The highest BCUT2D eigenvalue weighted by Crippen LogP contribution is 2.30. The van der Waals surface area contributed by atoms with E-state index in [4.69, 9.17) is 4.74 Å². The molecular formula is C21H31NO. The molecule has 0 aromatic heterocycles. The van der Waals surface area contributed by atoms with E-state index in [-0.39, 0.29) is 5.41 Å². The zero-order valence-corrected chi connectivity index (χ0v) is 15.4. The molecule has 0 spiro atoms. The van der Waals surface area contributed by atoms with Crippen molar-refractivity contribution in [2.24, 2.45) is 0 Å². The Bertz CT molecular complexity index is 586. The van der Waals surface area contributed by atoms with Gasteiger partial charge in [-0.3, -0.25) is 4.90 Å². The van der Waals surface area contributed by atoms with Crippen LogP contribution in [0.2, 0.25) is 0 Å². The molecule has 2 atom stereocenters. The first-order chi connectivity index (χ1) is 10.8. The molecule has 0 amide bonds. The largest absolute Gasteiger partial charge is 0.373 e. The molecule has 3 rings (SSSR count). The summed E-state index contributed by atoms with van der Waals surface area (Å²) < 4.78 is 5.85. The second kappa shape index (κ2) is 6.41. The van der Waals surface area contributed by atoms with E-state index < -0.39 is 0 Å². The standard InChI is InChI=1S/C21H31NO/c1-15-12-22(13-16(2)23-15)14-17-6-7-19-11-20(21(3,4)5)9-8-18(19)10-17/h8-11,15-16H,6-7,12-14H2,1-5H3. The smallest absolute Gasteiger partial charge is 0.0678 e. The van der Waals surface area contributed by atoms with Gasteiger partial charge in [-0.1, -0.05) is 50.6 Å². The summed E-state index contributed by atoms with van der Waals surface area (Å²) in [6.45, 7) is 14.4. The third-order valence-corrected chi connectivity index (χ3v) is 5.01. The average molecular weight is 313 g/mol. The number of aryl methyl sites for hydroxylation is 1. The van der Waals surface area contributed by atoms with Crippen molar-refractivity contribution in [3.63, 3.8) is 0 Å². The van der Waals surface area contributed by atoms with Crippen molar-refractivity contribution in [2.45, 2.75) is 65.1 Å². The molecule has 126 valence electrons. The molecule has 23 heavy (non-hydrogen) atoms. The number of ether oxygens (including phenoxy) is 1. The van der Waals surface area contributed by atoms with Gasteiger partial charge in [-0.25, -0.2) is 0 Å². The molecule has 1 aliphatic carbocycles. The molecular weight excluding hydrogens is 282 g/mol. The Morgan fingerprint density at radius 3 is 2.43 bits per heavy atom. The van der Waals surface area contributed by atoms with Crippen molar-refractivity contribution in [1.29, 1.82) is 0 Å². The van der Waals surface area contributed by atoms with Crippen LogP contribution in [0.25, 0.3) is 6.08 Å². The maximum atomic E-state index is 5.85. The first-order valence-electron chi connectivity index (χ1n) is 9.02. The summed E-state index contributed by atoms with van der Waals surface area (Å²) in [5.74, 6) is 0. The topological polar surface area (TPSA) is 12.5 Å². The van der Waals surface area contributed by atoms with Crippen LogP contribution < -0.4 is 0 Å². The van der Waals surface area contributed by atoms with E-state index in [1.165, 1.54) is 29.5 Å². The molecule has 0 N–H and O–H groups in total. The van der Waals surface area contributed by atoms with E-state index in [1.54, 1.807) is 5.57 Å². The molecule has 0 bridgehead atoms. The minimum Gasteiger partial charge on any atom is -0.373 e. The number of benzene rings is 1. The summed E-state index contributed by atoms with van der Waals surface area (Å²) in [4.78, 5) is 2.55. The van der Waals surface area contributed by atoms with E-state index in [1.807, 2.05) is 0 Å². The van der Waals surface area contributed by atoms with E-state index in [0.29, 0.717) is 12.2 Å². The number of hydrogen-bond donors (Lipinski definition) is 0. The number of hydrogen-bond acceptors (Lipinski definition) is 2. The summed E-state index contributed by atoms with van der Waals surface area (Å²) in [7, 11) is 0. The van der Waals surface area contributed by atoms with E-state index in [2.05, 4.69) is 63.8 Å². The van der Waals surface area contributed by atoms with Crippen molar-refractivity contribution < 1.29 is 4.74 Å². The molecule has 2 unspecified atom stereocenters. The van der Waals surface area contributed by atoms with Gasteiger partial charge in [-0.2, -0.15) is 0 Å². The van der Waals surface area contributed by atoms with E-state index in [0.717, 1.165) is 19.6 Å². The fourth-order valence-electron chi connectivity index (χ4n) is 3.84. The van der Waals surface area contributed by atoms with Crippen LogP contribution in [0.1, 0.15) is 57.7 Å². The molecule has 2 heteroatoms. The van der Waals surface area contributed by atoms with Gasteiger partial charge in [0.15, 0.2) is 0 Å². The molecule has 1 heterocycles. The number of morpholine rings is 1. The van der Waals surface area contributed by atoms with Crippen LogP contribution in [0.4, 0.5) is 0 Å². The van der Waals surface area contributed by atoms with Gasteiger partial charge < -0.3 is 4.74 Å². The monoisotopic (exact) mass is 313 g/mol. The van der Waals surface area contributed by atoms with E-state index >= 15 is 0 Å². The Morgan fingerprint density at radius 2 is 1.78 bits per heavy atom. The van der Waals surface area contributed by atoms with Crippen LogP contribution in [0, 0.1) is 0 Å². The number of nitrogens with zero attached hydrogens (tertiary/aromatic N) is 1. The Labute approximate surface area is 141 Å². The molecule has 1 aromatic carbocycles. The second-order valence-corrected chi connectivity index (χ2v) is 8.42. The van der Waals surface area contributed by atoms with Crippen molar-refractivity contribution >= 4 is 6.08 Å². The van der Waals surface area contributed by atoms with Gasteiger partial charge in [0.2, 0.25) is 0 Å². The van der Waals surface area contributed by atoms with Crippen molar-refractivity contribution in [2.75, 3.05) is 19.6 Å². The van der Waals surface area contributed by atoms with Crippen LogP contribution in [-0.4, -0.2) is 36.7 Å². The first kappa shape index (κ1) is 16.7. The highest BCUT2D eigenvalue weighted by molar-refractivity contribution is 5.61. The predicted molar refractivity (Wildman–Crippen MR) is 97.9 cm³/mol. The lowest BCUT2D eigenvalue weighted by molar-refractivity contribution is -0.0654. The van der Waals surface area contributed by atoms with Gasteiger partial charge >= 0.3 is 0 Å². The Kier molecular flexibility index (Phi) is 4.66. The summed E-state index contributed by atoms with van der Waals surface area (Å²) in [6.07, 6.45) is 5.51. The fraction of sp³-hybridized carbons (Fsp3) is 0.619. The minimum absolute atomic E-state index is 0.235. The Balaban J connectivity index is 1.73. The minimum atomic E-state index is 0.235. The molecule has 1 saturated heterocycles. The Hall–Kier alpha value is -1.12. The lowest BCUT2D eigenvalue weighted by Crippen LogP contribution is -2.46. The fourth-order valence-corrected chi connectivity index (χ4v) is 3.84. The second-order valence-electron chi connectivity index (χ2n) is 8.42. The van der Waals surface area contributed by atoms with Crippen LogP contribution >= 0.6 is 0 Å². The molecule has 1 aliphatic heterocycles. The van der Waals surface area contributed by atoms with Crippen molar-refractivity contribution in [3.05, 3.63) is 40.5 Å². The van der Waals surface area contributed by atoms with Crippen LogP contribution in [0.5, 0.6) is 0 Å². The normalized spacial score (nSPS) is 25.9. The molecule has 1 aromatic rings. The molecule has 2 nitrogen and oxygen atoms in total. The van der Waals surface area contributed by atoms with Gasteiger partial charge in [-0.05, 0) is 48.8 Å². The maximum absolute atomic E-state index is 5.85. The van der Waals surface area contributed by atoms with Crippen LogP contribution in [-0.2, 0) is 16.6 Å². The highest BCUT2D eigenvalue weighted by Gasteiger charge is 2.24. The third-order valence-electron chi connectivity index (χ3n) is 5.01. The lowest BCUT2D eigenvalue weighted by Gasteiger charge is -2.36. The summed E-state index contributed by atoms with van der Waals surface area (Å²) in [5.41, 5.74) is 6.20. The van der Waals surface area contributed by atoms with Gasteiger partial charge in [0.1, 0.15) is 0 Å². The summed E-state index contributed by atoms with van der Waals surface area (Å²) in [5, 5.41) is 0. The van der Waals surface area contributed by atoms with Crippen molar-refractivity contribution in [1.82, 2.24) is 4.90 Å². The van der Waals surface area contributed by atoms with Crippen LogP contribution in [0.15, 0.2) is 23.8 Å². The summed E-state index contributed by atoms with van der Waals surface area (Å²) in [6, 6.07) is 7.04. The predicted octanol–water partition coefficient (Wildman–Crippen LogP) is 4.42. The van der Waals surface area contributed by atoms with E-state index in [9.17, 15) is 0 Å². The zero-order valence-electron chi connectivity index (χ0n) is 15.4. The molecule has 1 fully saturated rings. The maximum Gasteiger partial charge on any atom is 0.0678 e. The van der Waals surface area contributed by atoms with Gasteiger partial charge in [0.05, 0.1) is 12.2 Å². The third kappa shape index (κ3) is 4.05. The average Bonchev–Trinajstić information content (AvgIpc) is 2.44. The lowest BCUT2D eigenvalue weighted by atomic mass is 9.82. The highest BCUT2D eigenvalue weighted by atomic mass is 16.5. The number of fused-ring (bicyclic) bond motifs is 1. The molecule has 0 radical (unpaired) electrons. The first-order valence-corrected chi connectivity index (χ1v) is 9.02. The number of rotatable bonds is 2. The van der Waals surface area contributed by atoms with Crippen LogP contribution in [0.3, 0.4) is 0 Å². The molecule has 0 saturated carbocycles.